The van der Waals surface area contributed by atoms with Crippen LogP contribution in [0.25, 0.3) is 0 Å². The van der Waals surface area contributed by atoms with Crippen LogP contribution in [-0.2, 0) is 8.85 Å². The van der Waals surface area contributed by atoms with Crippen molar-refractivity contribution in [3.8, 4) is 0 Å². The van der Waals surface area contributed by atoms with E-state index in [1.165, 1.54) is 166 Å². The van der Waals surface area contributed by atoms with Crippen molar-refractivity contribution in [2.75, 3.05) is 14.2 Å². The summed E-state index contributed by atoms with van der Waals surface area (Å²) in [4.78, 5) is 0. The Bertz CT molecular complexity index is 357. The molecule has 0 rings (SSSR count). The van der Waals surface area contributed by atoms with Crippen molar-refractivity contribution in [3.63, 3.8) is 0 Å². The van der Waals surface area contributed by atoms with Gasteiger partial charge in [0.15, 0.2) is 0 Å². The van der Waals surface area contributed by atoms with Crippen LogP contribution >= 0.6 is 0 Å². The maximum absolute atomic E-state index is 6.00. The summed E-state index contributed by atoms with van der Waals surface area (Å²) in [6.45, 7) is 4.59. The molecule has 0 aliphatic heterocycles. The van der Waals surface area contributed by atoms with E-state index >= 15 is 0 Å². The van der Waals surface area contributed by atoms with Gasteiger partial charge in [-0.2, -0.15) is 0 Å². The van der Waals surface area contributed by atoms with Gasteiger partial charge in [-0.3, -0.25) is 0 Å². The zero-order valence-electron chi connectivity index (χ0n) is 23.7. The smallest absolute Gasteiger partial charge is 0.337 e. The summed E-state index contributed by atoms with van der Waals surface area (Å²) >= 11 is 0. The Morgan fingerprint density at radius 2 is 0.545 bits per heavy atom. The zero-order valence-corrected chi connectivity index (χ0v) is 24.7. The minimum absolute atomic E-state index is 1.19. The summed E-state index contributed by atoms with van der Waals surface area (Å²) < 4.78 is 12.0. The lowest BCUT2D eigenvalue weighted by molar-refractivity contribution is 0.238. The molecule has 0 heterocycles. The van der Waals surface area contributed by atoms with Crippen LogP contribution in [0.4, 0.5) is 0 Å². The van der Waals surface area contributed by atoms with Gasteiger partial charge in [0, 0.05) is 14.2 Å². The molecule has 0 aromatic rings. The van der Waals surface area contributed by atoms with E-state index in [1.54, 1.807) is 0 Å². The lowest BCUT2D eigenvalue weighted by Gasteiger charge is -2.27. The predicted octanol–water partition coefficient (Wildman–Crippen LogP) is 11.1. The number of rotatable bonds is 28. The monoisotopic (exact) mass is 484 g/mol. The highest BCUT2D eigenvalue weighted by atomic mass is 28.4. The predicted molar refractivity (Wildman–Crippen MR) is 152 cm³/mol. The molecular formula is C30H64O2Si. The first kappa shape index (κ1) is 33.1. The van der Waals surface area contributed by atoms with Gasteiger partial charge < -0.3 is 8.85 Å². The van der Waals surface area contributed by atoms with E-state index in [2.05, 4.69) is 13.8 Å². The van der Waals surface area contributed by atoms with Crippen LogP contribution in [0, 0.1) is 0 Å². The van der Waals surface area contributed by atoms with Gasteiger partial charge >= 0.3 is 8.56 Å². The van der Waals surface area contributed by atoms with Crippen molar-refractivity contribution in [2.45, 2.75) is 180 Å². The van der Waals surface area contributed by atoms with E-state index in [9.17, 15) is 0 Å². The summed E-state index contributed by atoms with van der Waals surface area (Å²) in [5.74, 6) is 0. The Balaban J connectivity index is 3.58. The molecule has 2 nitrogen and oxygen atoms in total. The third-order valence-electron chi connectivity index (χ3n) is 7.57. The van der Waals surface area contributed by atoms with Crippen LogP contribution in [-0.4, -0.2) is 22.8 Å². The molecule has 0 aromatic carbocycles. The molecule has 0 amide bonds. The van der Waals surface area contributed by atoms with Crippen molar-refractivity contribution in [3.05, 3.63) is 0 Å². The van der Waals surface area contributed by atoms with Crippen molar-refractivity contribution in [2.24, 2.45) is 0 Å². The average Bonchev–Trinajstić information content (AvgIpc) is 2.84. The van der Waals surface area contributed by atoms with E-state index in [4.69, 9.17) is 8.85 Å². The molecule has 3 heteroatoms. The summed E-state index contributed by atoms with van der Waals surface area (Å²) in [6, 6.07) is 2.38. The minimum Gasteiger partial charge on any atom is -0.398 e. The molecule has 0 N–H and O–H groups in total. The average molecular weight is 485 g/mol. The van der Waals surface area contributed by atoms with Gasteiger partial charge in [-0.15, -0.1) is 0 Å². The second kappa shape index (κ2) is 26.7. The summed E-state index contributed by atoms with van der Waals surface area (Å²) in [5, 5.41) is 0. The van der Waals surface area contributed by atoms with Crippen LogP contribution in [0.3, 0.4) is 0 Å². The van der Waals surface area contributed by atoms with Crippen molar-refractivity contribution >= 4 is 8.56 Å². The van der Waals surface area contributed by atoms with E-state index in [0.717, 1.165) is 0 Å². The second-order valence-corrected chi connectivity index (χ2v) is 14.2. The summed E-state index contributed by atoms with van der Waals surface area (Å²) in [7, 11) is 1.86. The molecule has 33 heavy (non-hydrogen) atoms. The Morgan fingerprint density at radius 1 is 0.333 bits per heavy atom. The molecule has 0 unspecified atom stereocenters. The Kier molecular flexibility index (Phi) is 26.8. The standard InChI is InChI=1S/C30H64O2Si/c1-5-7-9-11-13-15-17-18-20-22-24-26-28-30-33(31-3,32-4)29-27-25-23-21-19-16-14-12-10-8-6-2/h5-30H2,1-4H3. The Morgan fingerprint density at radius 3 is 0.758 bits per heavy atom. The zero-order chi connectivity index (χ0) is 24.3. The van der Waals surface area contributed by atoms with Crippen LogP contribution < -0.4 is 0 Å². The highest BCUT2D eigenvalue weighted by molar-refractivity contribution is 6.67. The second-order valence-electron chi connectivity index (χ2n) is 10.6. The largest absolute Gasteiger partial charge is 0.398 e. The van der Waals surface area contributed by atoms with Gasteiger partial charge in [-0.05, 0) is 12.1 Å². The van der Waals surface area contributed by atoms with Crippen molar-refractivity contribution in [1.82, 2.24) is 0 Å². The molecule has 0 fully saturated rings. The van der Waals surface area contributed by atoms with Gasteiger partial charge in [0.2, 0.25) is 0 Å². The molecule has 0 aliphatic carbocycles. The first-order valence-electron chi connectivity index (χ1n) is 15.3. The van der Waals surface area contributed by atoms with E-state index in [0.29, 0.717) is 0 Å². The summed E-state index contributed by atoms with van der Waals surface area (Å²) in [5.41, 5.74) is 0. The van der Waals surface area contributed by atoms with Crippen molar-refractivity contribution in [1.29, 1.82) is 0 Å². The fourth-order valence-corrected chi connectivity index (χ4v) is 7.90. The molecule has 0 aliphatic rings. The van der Waals surface area contributed by atoms with Gasteiger partial charge in [-0.25, -0.2) is 0 Å². The number of hydrogen-bond acceptors (Lipinski definition) is 2. The number of unbranched alkanes of at least 4 members (excludes halogenated alkanes) is 22. The molecule has 0 saturated heterocycles. The molecule has 0 saturated carbocycles. The minimum atomic E-state index is -1.94. The molecule has 0 spiro atoms. The number of hydrogen-bond donors (Lipinski definition) is 0. The maximum atomic E-state index is 6.00. The Labute approximate surface area is 211 Å². The van der Waals surface area contributed by atoms with Gasteiger partial charge in [0.25, 0.3) is 0 Å². The first-order chi connectivity index (χ1) is 16.2. The van der Waals surface area contributed by atoms with Crippen LogP contribution in [0.5, 0.6) is 0 Å². The fourth-order valence-electron chi connectivity index (χ4n) is 5.09. The van der Waals surface area contributed by atoms with Gasteiger partial charge in [0.05, 0.1) is 0 Å². The molecule has 0 atom stereocenters. The van der Waals surface area contributed by atoms with Crippen LogP contribution in [0.2, 0.25) is 12.1 Å². The van der Waals surface area contributed by atoms with E-state index in [-0.39, 0.29) is 0 Å². The van der Waals surface area contributed by atoms with Crippen LogP contribution in [0.1, 0.15) is 168 Å². The molecular weight excluding hydrogens is 420 g/mol. The SMILES string of the molecule is CCCCCCCCCCCCCCC[Si](CCCCCCCCCCCCC)(OC)OC. The normalized spacial score (nSPS) is 12.0. The molecule has 0 bridgehead atoms. The van der Waals surface area contributed by atoms with Gasteiger partial charge in [0.1, 0.15) is 0 Å². The third kappa shape index (κ3) is 22.4. The Hall–Kier alpha value is 0.137. The molecule has 0 radical (unpaired) electrons. The van der Waals surface area contributed by atoms with Crippen LogP contribution in [0.15, 0.2) is 0 Å². The lowest BCUT2D eigenvalue weighted by atomic mass is 10.1. The van der Waals surface area contributed by atoms with E-state index in [1.807, 2.05) is 14.2 Å². The summed E-state index contributed by atoms with van der Waals surface area (Å²) in [6.07, 6.45) is 33.9. The van der Waals surface area contributed by atoms with Crippen molar-refractivity contribution < 1.29 is 8.85 Å². The molecule has 200 valence electrons. The third-order valence-corrected chi connectivity index (χ3v) is 11.3. The highest BCUT2D eigenvalue weighted by Gasteiger charge is 2.33. The quantitative estimate of drug-likeness (QED) is 0.0811. The fraction of sp³-hybridized carbons (Fsp3) is 1.00. The lowest BCUT2D eigenvalue weighted by Crippen LogP contribution is -2.39. The maximum Gasteiger partial charge on any atom is 0.337 e. The van der Waals surface area contributed by atoms with Gasteiger partial charge in [-0.1, -0.05) is 168 Å². The first-order valence-corrected chi connectivity index (χ1v) is 17.6. The molecule has 0 aromatic heterocycles. The van der Waals surface area contributed by atoms with E-state index < -0.39 is 8.56 Å². The highest BCUT2D eigenvalue weighted by Crippen LogP contribution is 2.25. The topological polar surface area (TPSA) is 18.5 Å².